The fourth-order valence-electron chi connectivity index (χ4n) is 2.30. The zero-order valence-electron chi connectivity index (χ0n) is 12.7. The minimum atomic E-state index is 0.717. The van der Waals surface area contributed by atoms with Gasteiger partial charge in [-0.1, -0.05) is 29.8 Å². The van der Waals surface area contributed by atoms with Gasteiger partial charge in [-0.15, -0.1) is 0 Å². The van der Waals surface area contributed by atoms with Crippen LogP contribution < -0.4 is 5.32 Å². The number of hydrogen-bond donors (Lipinski definition) is 1. The summed E-state index contributed by atoms with van der Waals surface area (Å²) in [6.07, 6.45) is 3.50. The summed E-state index contributed by atoms with van der Waals surface area (Å²) < 4.78 is 0. The Bertz CT molecular complexity index is 769. The van der Waals surface area contributed by atoms with Gasteiger partial charge in [-0.3, -0.25) is 4.98 Å². The Balaban J connectivity index is 1.81. The first kappa shape index (κ1) is 14.2. The number of rotatable bonds is 4. The number of aryl methyl sites for hydroxylation is 2. The van der Waals surface area contributed by atoms with Crippen molar-refractivity contribution in [2.24, 2.45) is 0 Å². The van der Waals surface area contributed by atoms with Crippen LogP contribution in [0.25, 0.3) is 11.4 Å². The second-order valence-corrected chi connectivity index (χ2v) is 5.30. The number of anilines is 1. The van der Waals surface area contributed by atoms with Crippen molar-refractivity contribution in [1.29, 1.82) is 0 Å². The molecule has 3 rings (SSSR count). The molecule has 0 saturated heterocycles. The molecule has 1 aromatic carbocycles. The van der Waals surface area contributed by atoms with Crippen LogP contribution in [0, 0.1) is 13.8 Å². The van der Waals surface area contributed by atoms with Gasteiger partial charge in [0.25, 0.3) is 0 Å². The van der Waals surface area contributed by atoms with E-state index in [1.165, 1.54) is 11.1 Å². The molecule has 0 atom stereocenters. The van der Waals surface area contributed by atoms with E-state index in [1.54, 1.807) is 12.4 Å². The molecular formula is C18H18N4. The lowest BCUT2D eigenvalue weighted by molar-refractivity contribution is 1.06. The summed E-state index contributed by atoms with van der Waals surface area (Å²) in [4.78, 5) is 13.1. The summed E-state index contributed by atoms with van der Waals surface area (Å²) >= 11 is 0. The molecule has 0 bridgehead atoms. The van der Waals surface area contributed by atoms with Gasteiger partial charge in [0.2, 0.25) is 0 Å². The van der Waals surface area contributed by atoms with Gasteiger partial charge in [0.05, 0.1) is 0 Å². The van der Waals surface area contributed by atoms with Crippen LogP contribution in [0.1, 0.15) is 16.8 Å². The molecule has 0 fully saturated rings. The Kier molecular flexibility index (Phi) is 4.10. The highest BCUT2D eigenvalue weighted by atomic mass is 15.0. The molecule has 4 nitrogen and oxygen atoms in total. The molecule has 0 saturated carbocycles. The van der Waals surface area contributed by atoms with Crippen LogP contribution in [0.15, 0.2) is 54.9 Å². The molecule has 0 aliphatic rings. The van der Waals surface area contributed by atoms with Gasteiger partial charge in [-0.2, -0.15) is 0 Å². The molecule has 4 heteroatoms. The van der Waals surface area contributed by atoms with Crippen molar-refractivity contribution in [1.82, 2.24) is 15.0 Å². The van der Waals surface area contributed by atoms with E-state index in [9.17, 15) is 0 Å². The highest BCUT2D eigenvalue weighted by molar-refractivity contribution is 5.56. The van der Waals surface area contributed by atoms with Crippen molar-refractivity contribution in [3.05, 3.63) is 71.7 Å². The molecule has 0 radical (unpaired) electrons. The van der Waals surface area contributed by atoms with E-state index in [4.69, 9.17) is 0 Å². The van der Waals surface area contributed by atoms with Gasteiger partial charge in [-0.05, 0) is 31.5 Å². The normalized spacial score (nSPS) is 10.5. The molecule has 2 heterocycles. The minimum absolute atomic E-state index is 0.717. The molecule has 0 spiro atoms. The van der Waals surface area contributed by atoms with Crippen LogP contribution in [-0.2, 0) is 6.54 Å². The van der Waals surface area contributed by atoms with Crippen molar-refractivity contribution >= 4 is 5.82 Å². The summed E-state index contributed by atoms with van der Waals surface area (Å²) in [5.41, 5.74) is 4.41. The predicted octanol–water partition coefficient (Wildman–Crippen LogP) is 3.77. The van der Waals surface area contributed by atoms with Crippen LogP contribution in [0.2, 0.25) is 0 Å². The topological polar surface area (TPSA) is 50.7 Å². The van der Waals surface area contributed by atoms with Crippen molar-refractivity contribution in [3.63, 3.8) is 0 Å². The number of benzene rings is 1. The summed E-state index contributed by atoms with van der Waals surface area (Å²) in [6, 6.07) is 14.2. The third kappa shape index (κ3) is 3.47. The molecule has 0 aliphatic heterocycles. The maximum absolute atomic E-state index is 4.59. The lowest BCUT2D eigenvalue weighted by Gasteiger charge is -2.09. The van der Waals surface area contributed by atoms with E-state index in [2.05, 4.69) is 51.5 Å². The summed E-state index contributed by atoms with van der Waals surface area (Å²) in [6.45, 7) is 4.82. The third-order valence-electron chi connectivity index (χ3n) is 3.35. The molecule has 0 unspecified atom stereocenters. The minimum Gasteiger partial charge on any atom is -0.366 e. The second-order valence-electron chi connectivity index (χ2n) is 5.30. The average molecular weight is 290 g/mol. The lowest BCUT2D eigenvalue weighted by Crippen LogP contribution is -2.04. The van der Waals surface area contributed by atoms with Crippen LogP contribution in [0.4, 0.5) is 5.82 Å². The molecule has 0 amide bonds. The Morgan fingerprint density at radius 1 is 0.955 bits per heavy atom. The standard InChI is InChI=1S/C18H18N4/c1-13-4-3-5-15(10-13)12-20-17-11-14(2)21-18(22-17)16-6-8-19-9-7-16/h3-11H,12H2,1-2H3,(H,20,21,22). The lowest BCUT2D eigenvalue weighted by atomic mass is 10.1. The van der Waals surface area contributed by atoms with E-state index in [1.807, 2.05) is 25.1 Å². The highest BCUT2D eigenvalue weighted by Gasteiger charge is 2.05. The number of pyridine rings is 1. The van der Waals surface area contributed by atoms with Gasteiger partial charge in [-0.25, -0.2) is 9.97 Å². The largest absolute Gasteiger partial charge is 0.366 e. The Hall–Kier alpha value is -2.75. The SMILES string of the molecule is Cc1cccc(CNc2cc(C)nc(-c3ccncc3)n2)c1. The molecule has 1 N–H and O–H groups in total. The molecule has 0 aliphatic carbocycles. The molecule has 3 aromatic rings. The van der Waals surface area contributed by atoms with Crippen LogP contribution in [-0.4, -0.2) is 15.0 Å². The number of nitrogens with one attached hydrogen (secondary N) is 1. The number of hydrogen-bond acceptors (Lipinski definition) is 4. The molecular weight excluding hydrogens is 272 g/mol. The van der Waals surface area contributed by atoms with Crippen LogP contribution in [0.3, 0.4) is 0 Å². The van der Waals surface area contributed by atoms with Gasteiger partial charge in [0, 0.05) is 36.3 Å². The van der Waals surface area contributed by atoms with Gasteiger partial charge in [0.1, 0.15) is 5.82 Å². The van der Waals surface area contributed by atoms with E-state index in [-0.39, 0.29) is 0 Å². The fraction of sp³-hybridized carbons (Fsp3) is 0.167. The highest BCUT2D eigenvalue weighted by Crippen LogP contribution is 2.17. The first-order valence-electron chi connectivity index (χ1n) is 7.26. The smallest absolute Gasteiger partial charge is 0.161 e. The van der Waals surface area contributed by atoms with E-state index in [0.717, 1.165) is 23.6 Å². The summed E-state index contributed by atoms with van der Waals surface area (Å²) in [5, 5.41) is 3.37. The van der Waals surface area contributed by atoms with Crippen molar-refractivity contribution in [2.75, 3.05) is 5.32 Å². The summed E-state index contributed by atoms with van der Waals surface area (Å²) in [5.74, 6) is 1.55. The molecule has 22 heavy (non-hydrogen) atoms. The first-order chi connectivity index (χ1) is 10.7. The van der Waals surface area contributed by atoms with Gasteiger partial charge >= 0.3 is 0 Å². The van der Waals surface area contributed by atoms with E-state index in [0.29, 0.717) is 5.82 Å². The second kappa shape index (κ2) is 6.35. The van der Waals surface area contributed by atoms with Crippen molar-refractivity contribution in [2.45, 2.75) is 20.4 Å². The van der Waals surface area contributed by atoms with Crippen molar-refractivity contribution in [3.8, 4) is 11.4 Å². The maximum atomic E-state index is 4.59. The quantitative estimate of drug-likeness (QED) is 0.794. The van der Waals surface area contributed by atoms with Crippen LogP contribution >= 0.6 is 0 Å². The zero-order chi connectivity index (χ0) is 15.4. The average Bonchev–Trinajstić information content (AvgIpc) is 2.53. The van der Waals surface area contributed by atoms with Crippen molar-refractivity contribution < 1.29 is 0 Å². The fourth-order valence-corrected chi connectivity index (χ4v) is 2.30. The Labute approximate surface area is 130 Å². The van der Waals surface area contributed by atoms with Gasteiger partial charge < -0.3 is 5.32 Å². The Morgan fingerprint density at radius 2 is 1.77 bits per heavy atom. The number of aromatic nitrogens is 3. The van der Waals surface area contributed by atoms with E-state index >= 15 is 0 Å². The zero-order valence-corrected chi connectivity index (χ0v) is 12.7. The van der Waals surface area contributed by atoms with E-state index < -0.39 is 0 Å². The molecule has 110 valence electrons. The van der Waals surface area contributed by atoms with Crippen LogP contribution in [0.5, 0.6) is 0 Å². The number of nitrogens with zero attached hydrogens (tertiary/aromatic N) is 3. The monoisotopic (exact) mass is 290 g/mol. The maximum Gasteiger partial charge on any atom is 0.161 e. The first-order valence-corrected chi connectivity index (χ1v) is 7.26. The molecule has 2 aromatic heterocycles. The predicted molar refractivity (Wildman–Crippen MR) is 88.5 cm³/mol. The Morgan fingerprint density at radius 3 is 2.55 bits per heavy atom. The summed E-state index contributed by atoms with van der Waals surface area (Å²) in [7, 11) is 0. The third-order valence-corrected chi connectivity index (χ3v) is 3.35. The van der Waals surface area contributed by atoms with Gasteiger partial charge in [0.15, 0.2) is 5.82 Å².